The molecular weight excluding hydrogens is 433 g/mol. The fourth-order valence-electron chi connectivity index (χ4n) is 3.38. The van der Waals surface area contributed by atoms with Crippen LogP contribution in [0.5, 0.6) is 0 Å². The first-order valence-electron chi connectivity index (χ1n) is 9.54. The molecule has 0 bridgehead atoms. The SMILES string of the molecule is NS(=O)(=O)c1ccc(CNC=C2C(=O)NC(=O)c3ccc(-c4cccc(F)c4)cc32)cc1. The van der Waals surface area contributed by atoms with Crippen LogP contribution in [0.15, 0.2) is 77.8 Å². The summed E-state index contributed by atoms with van der Waals surface area (Å²) in [6, 6.07) is 17.0. The predicted molar refractivity (Wildman–Crippen MR) is 117 cm³/mol. The number of imide groups is 1. The molecule has 0 aromatic heterocycles. The normalized spacial score (nSPS) is 14.8. The number of benzene rings is 3. The fourth-order valence-corrected chi connectivity index (χ4v) is 3.90. The number of fused-ring (bicyclic) bond motifs is 1. The third-order valence-electron chi connectivity index (χ3n) is 4.99. The van der Waals surface area contributed by atoms with Crippen molar-refractivity contribution >= 4 is 27.4 Å². The molecule has 9 heteroatoms. The van der Waals surface area contributed by atoms with Crippen LogP contribution in [0, 0.1) is 5.82 Å². The largest absolute Gasteiger partial charge is 0.386 e. The predicted octanol–water partition coefficient (Wildman–Crippen LogP) is 2.54. The summed E-state index contributed by atoms with van der Waals surface area (Å²) in [7, 11) is -3.77. The molecule has 162 valence electrons. The van der Waals surface area contributed by atoms with Crippen LogP contribution >= 0.6 is 0 Å². The van der Waals surface area contributed by atoms with Gasteiger partial charge in [0.25, 0.3) is 11.8 Å². The molecule has 2 amide bonds. The number of halogens is 1. The number of nitrogens with two attached hydrogens (primary N) is 1. The molecule has 0 saturated heterocycles. The number of primary sulfonamides is 1. The summed E-state index contributed by atoms with van der Waals surface area (Å²) in [4.78, 5) is 24.7. The summed E-state index contributed by atoms with van der Waals surface area (Å²) < 4.78 is 36.3. The van der Waals surface area contributed by atoms with Crippen molar-refractivity contribution in [2.24, 2.45) is 5.14 Å². The van der Waals surface area contributed by atoms with Gasteiger partial charge in [0, 0.05) is 23.9 Å². The molecule has 32 heavy (non-hydrogen) atoms. The molecule has 0 fully saturated rings. The summed E-state index contributed by atoms with van der Waals surface area (Å²) in [6.07, 6.45) is 1.49. The quantitative estimate of drug-likeness (QED) is 0.407. The Hall–Kier alpha value is -3.82. The highest BCUT2D eigenvalue weighted by Gasteiger charge is 2.27. The highest BCUT2D eigenvalue weighted by Crippen LogP contribution is 2.29. The van der Waals surface area contributed by atoms with Crippen molar-refractivity contribution < 1.29 is 22.4 Å². The number of amides is 2. The molecule has 0 unspecified atom stereocenters. The van der Waals surface area contributed by atoms with E-state index in [4.69, 9.17) is 5.14 Å². The maximum Gasteiger partial charge on any atom is 0.260 e. The van der Waals surface area contributed by atoms with E-state index in [9.17, 15) is 22.4 Å². The number of rotatable bonds is 5. The van der Waals surface area contributed by atoms with Crippen molar-refractivity contribution in [1.82, 2.24) is 10.6 Å². The van der Waals surface area contributed by atoms with E-state index in [1.54, 1.807) is 42.5 Å². The lowest BCUT2D eigenvalue weighted by atomic mass is 9.91. The molecule has 4 N–H and O–H groups in total. The molecule has 1 aliphatic rings. The first-order chi connectivity index (χ1) is 15.2. The van der Waals surface area contributed by atoms with Gasteiger partial charge in [0.15, 0.2) is 0 Å². The van der Waals surface area contributed by atoms with Crippen LogP contribution < -0.4 is 15.8 Å². The van der Waals surface area contributed by atoms with Crippen LogP contribution in [-0.2, 0) is 21.4 Å². The standard InChI is InChI=1S/C23H18FN3O4S/c24-17-3-1-2-15(10-17)16-6-9-19-20(11-16)21(23(29)27-22(19)28)13-26-12-14-4-7-18(8-5-14)32(25,30)31/h1-11,13,26H,12H2,(H2,25,30,31)(H,27,28,29). The second-order valence-electron chi connectivity index (χ2n) is 7.18. The Bertz CT molecular complexity index is 1370. The third-order valence-corrected chi connectivity index (χ3v) is 5.92. The number of nitrogens with one attached hydrogen (secondary N) is 2. The Morgan fingerprint density at radius 3 is 2.31 bits per heavy atom. The number of hydrogen-bond acceptors (Lipinski definition) is 5. The van der Waals surface area contributed by atoms with Gasteiger partial charge >= 0.3 is 0 Å². The Balaban J connectivity index is 1.62. The molecular formula is C23H18FN3O4S. The molecule has 4 rings (SSSR count). The molecule has 0 spiro atoms. The van der Waals surface area contributed by atoms with Gasteiger partial charge in [-0.3, -0.25) is 14.9 Å². The van der Waals surface area contributed by atoms with Gasteiger partial charge in [0.2, 0.25) is 10.0 Å². The van der Waals surface area contributed by atoms with Gasteiger partial charge in [-0.25, -0.2) is 17.9 Å². The summed E-state index contributed by atoms with van der Waals surface area (Å²) in [5.41, 5.74) is 3.05. The summed E-state index contributed by atoms with van der Waals surface area (Å²) in [5.74, 6) is -1.46. The van der Waals surface area contributed by atoms with E-state index in [0.717, 1.165) is 5.56 Å². The molecule has 3 aromatic rings. The maximum absolute atomic E-state index is 13.6. The van der Waals surface area contributed by atoms with Gasteiger partial charge in [0.1, 0.15) is 5.82 Å². The molecule has 0 radical (unpaired) electrons. The van der Waals surface area contributed by atoms with E-state index < -0.39 is 21.8 Å². The van der Waals surface area contributed by atoms with Gasteiger partial charge in [-0.1, -0.05) is 30.3 Å². The highest BCUT2D eigenvalue weighted by atomic mass is 32.2. The van der Waals surface area contributed by atoms with Crippen LogP contribution in [0.1, 0.15) is 21.5 Å². The Labute approximate surface area is 183 Å². The van der Waals surface area contributed by atoms with Gasteiger partial charge in [-0.05, 0) is 53.1 Å². The lowest BCUT2D eigenvalue weighted by Gasteiger charge is -2.19. The second-order valence-corrected chi connectivity index (χ2v) is 8.74. The fraction of sp³-hybridized carbons (Fsp3) is 0.0435. The van der Waals surface area contributed by atoms with Crippen LogP contribution in [0.4, 0.5) is 4.39 Å². The minimum atomic E-state index is -3.77. The van der Waals surface area contributed by atoms with E-state index in [0.29, 0.717) is 28.8 Å². The topological polar surface area (TPSA) is 118 Å². The average Bonchev–Trinajstić information content (AvgIpc) is 2.75. The summed E-state index contributed by atoms with van der Waals surface area (Å²) in [6.45, 7) is 0.300. The Morgan fingerprint density at radius 2 is 1.62 bits per heavy atom. The lowest BCUT2D eigenvalue weighted by Crippen LogP contribution is -2.37. The molecule has 7 nitrogen and oxygen atoms in total. The first-order valence-corrected chi connectivity index (χ1v) is 11.1. The van der Waals surface area contributed by atoms with Crippen LogP contribution in [0.2, 0.25) is 0 Å². The Morgan fingerprint density at radius 1 is 0.906 bits per heavy atom. The van der Waals surface area contributed by atoms with E-state index in [1.165, 1.54) is 30.5 Å². The number of sulfonamides is 1. The van der Waals surface area contributed by atoms with Gasteiger partial charge in [-0.15, -0.1) is 0 Å². The van der Waals surface area contributed by atoms with Gasteiger partial charge < -0.3 is 5.32 Å². The first kappa shape index (κ1) is 21.4. The summed E-state index contributed by atoms with van der Waals surface area (Å²) >= 11 is 0. The van der Waals surface area contributed by atoms with Crippen LogP contribution in [0.3, 0.4) is 0 Å². The van der Waals surface area contributed by atoms with Crippen molar-refractivity contribution in [2.75, 3.05) is 0 Å². The van der Waals surface area contributed by atoms with Gasteiger partial charge in [0.05, 0.1) is 10.5 Å². The number of hydrogen-bond donors (Lipinski definition) is 3. The van der Waals surface area contributed by atoms with E-state index >= 15 is 0 Å². The van der Waals surface area contributed by atoms with E-state index in [1.807, 2.05) is 0 Å². The monoisotopic (exact) mass is 451 g/mol. The minimum absolute atomic E-state index is 0.00332. The molecule has 1 aliphatic heterocycles. The van der Waals surface area contributed by atoms with Crippen molar-refractivity contribution in [3.05, 3.63) is 95.4 Å². The lowest BCUT2D eigenvalue weighted by molar-refractivity contribution is -0.114. The molecule has 0 atom stereocenters. The van der Waals surface area contributed by atoms with Crippen LogP contribution in [-0.4, -0.2) is 20.2 Å². The van der Waals surface area contributed by atoms with Crippen LogP contribution in [0.25, 0.3) is 16.7 Å². The maximum atomic E-state index is 13.6. The van der Waals surface area contributed by atoms with Crippen molar-refractivity contribution in [3.63, 3.8) is 0 Å². The Kier molecular flexibility index (Phi) is 5.60. The van der Waals surface area contributed by atoms with E-state index in [-0.39, 0.29) is 16.3 Å². The molecule has 1 heterocycles. The van der Waals surface area contributed by atoms with Gasteiger partial charge in [-0.2, -0.15) is 0 Å². The minimum Gasteiger partial charge on any atom is -0.386 e. The van der Waals surface area contributed by atoms with Crippen molar-refractivity contribution in [1.29, 1.82) is 0 Å². The van der Waals surface area contributed by atoms with Crippen molar-refractivity contribution in [2.45, 2.75) is 11.4 Å². The molecule has 0 aliphatic carbocycles. The third kappa shape index (κ3) is 4.43. The summed E-state index contributed by atoms with van der Waals surface area (Å²) in [5, 5.41) is 10.4. The zero-order valence-corrected chi connectivity index (χ0v) is 17.4. The highest BCUT2D eigenvalue weighted by molar-refractivity contribution is 7.89. The zero-order chi connectivity index (χ0) is 22.9. The number of carbonyl (C=O) groups excluding carboxylic acids is 2. The molecule has 3 aromatic carbocycles. The zero-order valence-electron chi connectivity index (χ0n) is 16.6. The van der Waals surface area contributed by atoms with E-state index in [2.05, 4.69) is 10.6 Å². The smallest absolute Gasteiger partial charge is 0.260 e. The molecule has 0 saturated carbocycles. The second kappa shape index (κ2) is 8.37. The number of carbonyl (C=O) groups is 2. The van der Waals surface area contributed by atoms with Crippen molar-refractivity contribution in [3.8, 4) is 11.1 Å². The average molecular weight is 451 g/mol.